The topological polar surface area (TPSA) is 102 Å². The van der Waals surface area contributed by atoms with E-state index in [0.717, 1.165) is 0 Å². The number of para-hydroxylation sites is 1. The zero-order valence-electron chi connectivity index (χ0n) is 19.3. The molecule has 2 N–H and O–H groups in total. The molecule has 7 nitrogen and oxygen atoms in total. The van der Waals surface area contributed by atoms with Crippen LogP contribution in [-0.2, 0) is 10.4 Å². The van der Waals surface area contributed by atoms with Crippen molar-refractivity contribution in [2.75, 3.05) is 5.32 Å². The Hall–Kier alpha value is -4.75. The third-order valence-electron chi connectivity index (χ3n) is 5.92. The van der Waals surface area contributed by atoms with Crippen molar-refractivity contribution >= 4 is 22.4 Å². The number of hydrogen-bond acceptors (Lipinski definition) is 6. The smallest absolute Gasteiger partial charge is 0.366 e. The summed E-state index contributed by atoms with van der Waals surface area (Å²) in [5, 5.41) is 19.3. The zero-order chi connectivity index (χ0) is 25.1. The Morgan fingerprint density at radius 2 is 1.44 bits per heavy atom. The summed E-state index contributed by atoms with van der Waals surface area (Å²) in [6.45, 7) is 1.70. The lowest BCUT2D eigenvalue weighted by Crippen LogP contribution is -2.41. The molecule has 0 aliphatic heterocycles. The molecule has 4 aromatic carbocycles. The van der Waals surface area contributed by atoms with Gasteiger partial charge in [-0.3, -0.25) is 4.79 Å². The Morgan fingerprint density at radius 3 is 2.14 bits per heavy atom. The SMILES string of the molecule is Cc1noc(=O)c2ccc(NC(=O)C(O)(c3ccccc3)c3ccc(Oc4ccccc4)cc3)cc12. The molecule has 0 bridgehead atoms. The number of aryl methyl sites for hydroxylation is 1. The van der Waals surface area contributed by atoms with Gasteiger partial charge in [-0.2, -0.15) is 0 Å². The van der Waals surface area contributed by atoms with E-state index in [1.54, 1.807) is 73.7 Å². The summed E-state index contributed by atoms with van der Waals surface area (Å²) in [5.74, 6) is 0.590. The summed E-state index contributed by atoms with van der Waals surface area (Å²) in [6.07, 6.45) is 0. The van der Waals surface area contributed by atoms with E-state index in [2.05, 4.69) is 10.5 Å². The number of amides is 1. The number of aromatic nitrogens is 1. The Kier molecular flexibility index (Phi) is 6.06. The molecule has 0 saturated carbocycles. The summed E-state index contributed by atoms with van der Waals surface area (Å²) in [6, 6.07) is 29.5. The molecule has 178 valence electrons. The minimum absolute atomic E-state index is 0.354. The van der Waals surface area contributed by atoms with E-state index >= 15 is 0 Å². The second-order valence-electron chi connectivity index (χ2n) is 8.29. The second-order valence-corrected chi connectivity index (χ2v) is 8.29. The van der Waals surface area contributed by atoms with Crippen LogP contribution in [0.4, 0.5) is 5.69 Å². The number of nitrogens with one attached hydrogen (secondary N) is 1. The molecule has 0 saturated heterocycles. The van der Waals surface area contributed by atoms with Crippen molar-refractivity contribution in [3.8, 4) is 11.5 Å². The van der Waals surface area contributed by atoms with Gasteiger partial charge >= 0.3 is 5.63 Å². The Morgan fingerprint density at radius 1 is 0.833 bits per heavy atom. The number of benzene rings is 4. The highest BCUT2D eigenvalue weighted by molar-refractivity contribution is 6.01. The fraction of sp³-hybridized carbons (Fsp3) is 0.0690. The van der Waals surface area contributed by atoms with Crippen molar-refractivity contribution < 1.29 is 19.2 Å². The lowest BCUT2D eigenvalue weighted by molar-refractivity contribution is -0.131. The first-order chi connectivity index (χ1) is 17.4. The molecule has 0 aliphatic rings. The summed E-state index contributed by atoms with van der Waals surface area (Å²) in [7, 11) is 0. The van der Waals surface area contributed by atoms with Crippen molar-refractivity contribution in [2.24, 2.45) is 0 Å². The quantitative estimate of drug-likeness (QED) is 0.349. The molecule has 1 aromatic heterocycles. The first kappa shape index (κ1) is 23.0. The molecule has 0 radical (unpaired) electrons. The average Bonchev–Trinajstić information content (AvgIpc) is 2.92. The lowest BCUT2D eigenvalue weighted by Gasteiger charge is -2.28. The number of fused-ring (bicyclic) bond motifs is 1. The Labute approximate surface area is 206 Å². The maximum absolute atomic E-state index is 13.6. The number of rotatable bonds is 6. The zero-order valence-corrected chi connectivity index (χ0v) is 19.3. The van der Waals surface area contributed by atoms with Crippen LogP contribution >= 0.6 is 0 Å². The molecule has 1 heterocycles. The maximum Gasteiger partial charge on any atom is 0.366 e. The molecule has 0 spiro atoms. The third-order valence-corrected chi connectivity index (χ3v) is 5.92. The fourth-order valence-electron chi connectivity index (χ4n) is 4.03. The monoisotopic (exact) mass is 478 g/mol. The first-order valence-corrected chi connectivity index (χ1v) is 11.3. The van der Waals surface area contributed by atoms with Crippen molar-refractivity contribution in [3.63, 3.8) is 0 Å². The molecule has 0 aliphatic carbocycles. The van der Waals surface area contributed by atoms with Crippen molar-refractivity contribution in [3.05, 3.63) is 130 Å². The fourth-order valence-corrected chi connectivity index (χ4v) is 4.03. The minimum atomic E-state index is -2.00. The molecular weight excluding hydrogens is 456 g/mol. The maximum atomic E-state index is 13.6. The van der Waals surface area contributed by atoms with Crippen molar-refractivity contribution in [1.29, 1.82) is 0 Å². The number of aliphatic hydroxyl groups is 1. The Balaban J connectivity index is 1.50. The summed E-state index contributed by atoms with van der Waals surface area (Å²) in [4.78, 5) is 25.6. The van der Waals surface area contributed by atoms with Gasteiger partial charge in [0, 0.05) is 11.1 Å². The molecule has 0 fully saturated rings. The molecule has 5 aromatic rings. The highest BCUT2D eigenvalue weighted by Crippen LogP contribution is 2.33. The van der Waals surface area contributed by atoms with E-state index in [1.165, 1.54) is 0 Å². The van der Waals surface area contributed by atoms with Crippen LogP contribution in [0.15, 0.2) is 112 Å². The van der Waals surface area contributed by atoms with Gasteiger partial charge in [0.1, 0.15) is 11.5 Å². The number of carbonyl (C=O) groups is 1. The van der Waals surface area contributed by atoms with Crippen LogP contribution in [0.2, 0.25) is 0 Å². The number of hydrogen-bond donors (Lipinski definition) is 2. The number of nitrogens with zero attached hydrogens (tertiary/aromatic N) is 1. The standard InChI is InChI=1S/C29H22N2O5/c1-19-26-18-22(14-17-25(26)27(32)36-31-19)30-28(33)29(34,20-8-4-2-5-9-20)21-12-15-24(16-13-21)35-23-10-6-3-7-11-23/h2-18,34H,1H3,(H,30,33). The van der Waals surface area contributed by atoms with Gasteiger partial charge in [-0.05, 0) is 60.5 Å². The van der Waals surface area contributed by atoms with Gasteiger partial charge in [-0.1, -0.05) is 65.8 Å². The molecule has 36 heavy (non-hydrogen) atoms. The van der Waals surface area contributed by atoms with Gasteiger partial charge in [-0.25, -0.2) is 4.79 Å². The van der Waals surface area contributed by atoms with E-state index in [1.807, 2.05) is 36.4 Å². The molecule has 1 amide bonds. The van der Waals surface area contributed by atoms with Crippen LogP contribution in [0, 0.1) is 6.92 Å². The van der Waals surface area contributed by atoms with Crippen molar-refractivity contribution in [1.82, 2.24) is 5.16 Å². The van der Waals surface area contributed by atoms with E-state index in [-0.39, 0.29) is 0 Å². The molecule has 1 unspecified atom stereocenters. The van der Waals surface area contributed by atoms with Gasteiger partial charge in [0.05, 0.1) is 11.1 Å². The highest BCUT2D eigenvalue weighted by Gasteiger charge is 2.40. The van der Waals surface area contributed by atoms with Gasteiger partial charge in [0.15, 0.2) is 5.60 Å². The van der Waals surface area contributed by atoms with Gasteiger partial charge in [0.2, 0.25) is 0 Å². The van der Waals surface area contributed by atoms with Gasteiger partial charge < -0.3 is 19.7 Å². The number of anilines is 1. The number of ether oxygens (including phenoxy) is 1. The lowest BCUT2D eigenvalue weighted by atomic mass is 9.85. The highest BCUT2D eigenvalue weighted by atomic mass is 16.5. The van der Waals surface area contributed by atoms with Crippen LogP contribution in [-0.4, -0.2) is 16.2 Å². The average molecular weight is 479 g/mol. The Bertz CT molecular complexity index is 1580. The normalized spacial score (nSPS) is 12.6. The molecule has 7 heteroatoms. The predicted octanol–water partition coefficient (Wildman–Crippen LogP) is 5.16. The summed E-state index contributed by atoms with van der Waals surface area (Å²) >= 11 is 0. The second kappa shape index (κ2) is 9.48. The summed E-state index contributed by atoms with van der Waals surface area (Å²) in [5.41, 5.74) is -0.879. The molecular formula is C29H22N2O5. The van der Waals surface area contributed by atoms with Gasteiger partial charge in [0.25, 0.3) is 5.91 Å². The van der Waals surface area contributed by atoms with Gasteiger partial charge in [-0.15, -0.1) is 0 Å². The molecule has 1 atom stereocenters. The largest absolute Gasteiger partial charge is 0.457 e. The van der Waals surface area contributed by atoms with E-state index in [0.29, 0.717) is 44.8 Å². The van der Waals surface area contributed by atoms with E-state index in [4.69, 9.17) is 9.26 Å². The minimum Gasteiger partial charge on any atom is -0.457 e. The van der Waals surface area contributed by atoms with E-state index in [9.17, 15) is 14.7 Å². The van der Waals surface area contributed by atoms with Crippen LogP contribution in [0.1, 0.15) is 16.8 Å². The molecule has 5 rings (SSSR count). The number of carbonyl (C=O) groups excluding carboxylic acids is 1. The predicted molar refractivity (Wildman–Crippen MR) is 136 cm³/mol. The van der Waals surface area contributed by atoms with Crippen LogP contribution in [0.25, 0.3) is 10.8 Å². The summed E-state index contributed by atoms with van der Waals surface area (Å²) < 4.78 is 10.6. The van der Waals surface area contributed by atoms with E-state index < -0.39 is 17.1 Å². The first-order valence-electron chi connectivity index (χ1n) is 11.3. The van der Waals surface area contributed by atoms with Crippen LogP contribution in [0.5, 0.6) is 11.5 Å². The van der Waals surface area contributed by atoms with Crippen LogP contribution < -0.4 is 15.7 Å². The van der Waals surface area contributed by atoms with Crippen LogP contribution in [0.3, 0.4) is 0 Å². The third kappa shape index (κ3) is 4.35. The van der Waals surface area contributed by atoms with Crippen molar-refractivity contribution in [2.45, 2.75) is 12.5 Å².